The summed E-state index contributed by atoms with van der Waals surface area (Å²) in [5.74, 6) is 7.81. The summed E-state index contributed by atoms with van der Waals surface area (Å²) in [5.41, 5.74) is 2.24. The molecule has 7 nitrogen and oxygen atoms in total. The molecule has 1 unspecified atom stereocenters. The van der Waals surface area contributed by atoms with Gasteiger partial charge >= 0.3 is 0 Å². The normalized spacial score (nSPS) is 19.9. The van der Waals surface area contributed by atoms with Crippen LogP contribution in [0, 0.1) is 5.92 Å². The molecular formula is C9H15N5O2S2. The summed E-state index contributed by atoms with van der Waals surface area (Å²) < 4.78 is 26.5. The van der Waals surface area contributed by atoms with Gasteiger partial charge in [-0.2, -0.15) is 11.8 Å². The van der Waals surface area contributed by atoms with Crippen molar-refractivity contribution in [1.29, 1.82) is 0 Å². The van der Waals surface area contributed by atoms with Gasteiger partial charge in [0.2, 0.25) is 16.0 Å². The first-order valence-corrected chi connectivity index (χ1v) is 8.11. The highest BCUT2D eigenvalue weighted by atomic mass is 32.2. The second-order valence-corrected chi connectivity index (χ2v) is 6.89. The van der Waals surface area contributed by atoms with E-state index in [1.54, 1.807) is 0 Å². The fourth-order valence-corrected chi connectivity index (χ4v) is 3.87. The Morgan fingerprint density at radius 1 is 1.44 bits per heavy atom. The molecule has 4 N–H and O–H groups in total. The van der Waals surface area contributed by atoms with Gasteiger partial charge in [0.05, 0.1) is 12.4 Å². The number of thioether (sulfide) groups is 1. The van der Waals surface area contributed by atoms with Crippen molar-refractivity contribution in [3.8, 4) is 0 Å². The molecule has 18 heavy (non-hydrogen) atoms. The summed E-state index contributed by atoms with van der Waals surface area (Å²) in [6, 6.07) is 0. The van der Waals surface area contributed by atoms with Gasteiger partial charge in [-0.3, -0.25) is 5.43 Å². The van der Waals surface area contributed by atoms with E-state index in [9.17, 15) is 8.42 Å². The minimum atomic E-state index is -3.53. The number of hydrogen-bond donors (Lipinski definition) is 3. The van der Waals surface area contributed by atoms with Crippen molar-refractivity contribution < 1.29 is 8.42 Å². The van der Waals surface area contributed by atoms with Gasteiger partial charge in [-0.15, -0.1) is 0 Å². The van der Waals surface area contributed by atoms with Crippen LogP contribution in [0.4, 0.5) is 5.95 Å². The van der Waals surface area contributed by atoms with Crippen LogP contribution in [0.15, 0.2) is 17.3 Å². The lowest BCUT2D eigenvalue weighted by atomic mass is 10.1. The van der Waals surface area contributed by atoms with Crippen molar-refractivity contribution in [3.63, 3.8) is 0 Å². The second kappa shape index (κ2) is 5.83. The van der Waals surface area contributed by atoms with E-state index in [-0.39, 0.29) is 10.8 Å². The van der Waals surface area contributed by atoms with Crippen LogP contribution in [0.1, 0.15) is 6.42 Å². The van der Waals surface area contributed by atoms with Gasteiger partial charge in [-0.05, 0) is 23.8 Å². The zero-order valence-electron chi connectivity index (χ0n) is 9.67. The van der Waals surface area contributed by atoms with Crippen molar-refractivity contribution in [1.82, 2.24) is 14.7 Å². The number of anilines is 1. The van der Waals surface area contributed by atoms with Gasteiger partial charge in [0.1, 0.15) is 4.90 Å². The number of hydrazine groups is 1. The standard InChI is InChI=1S/C9H15N5O2S2/c10-14-9-11-4-8(5-12-9)18(15,16)13-3-7-1-2-17-6-7/h4-5,7,13H,1-3,6,10H2,(H,11,12,14). The fraction of sp³-hybridized carbons (Fsp3) is 0.556. The largest absolute Gasteiger partial charge is 0.292 e. The summed E-state index contributed by atoms with van der Waals surface area (Å²) in [5, 5.41) is 0. The molecular weight excluding hydrogens is 274 g/mol. The van der Waals surface area contributed by atoms with Crippen LogP contribution in [0.3, 0.4) is 0 Å². The van der Waals surface area contributed by atoms with E-state index >= 15 is 0 Å². The minimum Gasteiger partial charge on any atom is -0.292 e. The zero-order chi connectivity index (χ0) is 13.0. The van der Waals surface area contributed by atoms with Crippen molar-refractivity contribution in [2.24, 2.45) is 11.8 Å². The van der Waals surface area contributed by atoms with Crippen molar-refractivity contribution in [3.05, 3.63) is 12.4 Å². The van der Waals surface area contributed by atoms with Crippen molar-refractivity contribution >= 4 is 27.7 Å². The van der Waals surface area contributed by atoms with Crippen LogP contribution in [0.25, 0.3) is 0 Å². The van der Waals surface area contributed by atoms with Gasteiger partial charge in [-0.25, -0.2) is 29.0 Å². The first-order valence-electron chi connectivity index (χ1n) is 5.48. The lowest BCUT2D eigenvalue weighted by Crippen LogP contribution is -2.29. The summed E-state index contributed by atoms with van der Waals surface area (Å²) in [6.07, 6.45) is 3.52. The molecule has 1 aliphatic rings. The second-order valence-electron chi connectivity index (χ2n) is 3.97. The van der Waals surface area contributed by atoms with Crippen LogP contribution >= 0.6 is 11.8 Å². The minimum absolute atomic E-state index is 0.0483. The van der Waals surface area contributed by atoms with E-state index < -0.39 is 10.0 Å². The highest BCUT2D eigenvalue weighted by Crippen LogP contribution is 2.23. The lowest BCUT2D eigenvalue weighted by molar-refractivity contribution is 0.545. The third-order valence-corrected chi connectivity index (χ3v) is 5.26. The molecule has 0 amide bonds. The topological polar surface area (TPSA) is 110 Å². The number of nitrogens with one attached hydrogen (secondary N) is 2. The number of hydrogen-bond acceptors (Lipinski definition) is 7. The predicted molar refractivity (Wildman–Crippen MR) is 70.5 cm³/mol. The Balaban J connectivity index is 2.00. The molecule has 9 heteroatoms. The number of rotatable bonds is 5. The molecule has 1 aromatic heterocycles. The molecule has 1 atom stereocenters. The molecule has 1 aliphatic heterocycles. The number of aromatic nitrogens is 2. The van der Waals surface area contributed by atoms with E-state index in [2.05, 4.69) is 20.1 Å². The number of sulfonamides is 1. The smallest absolute Gasteiger partial charge is 0.243 e. The van der Waals surface area contributed by atoms with E-state index in [0.717, 1.165) is 17.9 Å². The molecule has 0 aliphatic carbocycles. The third-order valence-electron chi connectivity index (χ3n) is 2.65. The van der Waals surface area contributed by atoms with Gasteiger partial charge in [-0.1, -0.05) is 0 Å². The lowest BCUT2D eigenvalue weighted by Gasteiger charge is -2.10. The van der Waals surface area contributed by atoms with Crippen LogP contribution < -0.4 is 16.0 Å². The van der Waals surface area contributed by atoms with Crippen LogP contribution in [-0.4, -0.2) is 36.4 Å². The Bertz CT molecular complexity index is 484. The van der Waals surface area contributed by atoms with Crippen molar-refractivity contribution in [2.45, 2.75) is 11.3 Å². The molecule has 2 heterocycles. The monoisotopic (exact) mass is 289 g/mol. The first kappa shape index (κ1) is 13.5. The van der Waals surface area contributed by atoms with Gasteiger partial charge in [0.15, 0.2) is 0 Å². The fourth-order valence-electron chi connectivity index (χ4n) is 1.58. The number of nitrogens with two attached hydrogens (primary N) is 1. The van der Waals surface area contributed by atoms with E-state index in [1.165, 1.54) is 12.4 Å². The molecule has 0 aromatic carbocycles. The summed E-state index contributed by atoms with van der Waals surface area (Å²) in [6.45, 7) is 0.465. The molecule has 0 spiro atoms. The Morgan fingerprint density at radius 2 is 2.17 bits per heavy atom. The predicted octanol–water partition coefficient (Wildman–Crippen LogP) is -0.206. The van der Waals surface area contributed by atoms with Gasteiger partial charge < -0.3 is 0 Å². The molecule has 1 saturated heterocycles. The van der Waals surface area contributed by atoms with Crippen LogP contribution in [0.2, 0.25) is 0 Å². The third kappa shape index (κ3) is 3.31. The Hall–Kier alpha value is -0.900. The zero-order valence-corrected chi connectivity index (χ0v) is 11.3. The summed E-state index contributed by atoms with van der Waals surface area (Å²) in [7, 11) is -3.53. The Morgan fingerprint density at radius 3 is 2.72 bits per heavy atom. The molecule has 1 fully saturated rings. The van der Waals surface area contributed by atoms with Crippen LogP contribution in [0.5, 0.6) is 0 Å². The summed E-state index contributed by atoms with van der Waals surface area (Å²) >= 11 is 1.85. The first-order chi connectivity index (χ1) is 8.62. The maximum Gasteiger partial charge on any atom is 0.243 e. The van der Waals surface area contributed by atoms with E-state index in [4.69, 9.17) is 5.84 Å². The van der Waals surface area contributed by atoms with Gasteiger partial charge in [0, 0.05) is 6.54 Å². The van der Waals surface area contributed by atoms with Crippen LogP contribution in [-0.2, 0) is 10.0 Å². The highest BCUT2D eigenvalue weighted by Gasteiger charge is 2.20. The maximum absolute atomic E-state index is 11.9. The van der Waals surface area contributed by atoms with E-state index in [0.29, 0.717) is 12.5 Å². The average Bonchev–Trinajstić information content (AvgIpc) is 2.90. The molecule has 0 bridgehead atoms. The quantitative estimate of drug-likeness (QED) is 0.508. The Labute approximate surface area is 110 Å². The molecule has 1 aromatic rings. The average molecular weight is 289 g/mol. The summed E-state index contributed by atoms with van der Waals surface area (Å²) in [4.78, 5) is 7.59. The number of nitrogens with zero attached hydrogens (tertiary/aromatic N) is 2. The molecule has 100 valence electrons. The Kier molecular flexibility index (Phi) is 4.38. The van der Waals surface area contributed by atoms with Gasteiger partial charge in [0.25, 0.3) is 0 Å². The maximum atomic E-state index is 11.9. The molecule has 0 saturated carbocycles. The van der Waals surface area contributed by atoms with Crippen molar-refractivity contribution in [2.75, 3.05) is 23.5 Å². The molecule has 2 rings (SSSR count). The van der Waals surface area contributed by atoms with E-state index in [1.807, 2.05) is 11.8 Å². The highest BCUT2D eigenvalue weighted by molar-refractivity contribution is 7.99. The SMILES string of the molecule is NNc1ncc(S(=O)(=O)NCC2CCSC2)cn1. The molecule has 0 radical (unpaired) electrons. The number of nitrogen functional groups attached to an aromatic ring is 1.